The minimum absolute atomic E-state index is 0.123. The number of guanidine groups is 1. The predicted octanol–water partition coefficient (Wildman–Crippen LogP) is 2.37. The lowest BCUT2D eigenvalue weighted by Gasteiger charge is -2.34. The molecule has 30 heavy (non-hydrogen) atoms. The van der Waals surface area contributed by atoms with Crippen molar-refractivity contribution in [3.05, 3.63) is 35.4 Å². The second-order valence-corrected chi connectivity index (χ2v) is 8.35. The summed E-state index contributed by atoms with van der Waals surface area (Å²) in [4.78, 5) is 33.1. The molecule has 2 aliphatic rings. The van der Waals surface area contributed by atoms with E-state index < -0.39 is 0 Å². The first-order valence-electron chi connectivity index (χ1n) is 11.3. The normalized spacial score (nSPS) is 20.2. The molecule has 3 rings (SSSR count). The number of likely N-dealkylation sites (tertiary alicyclic amines) is 2. The summed E-state index contributed by atoms with van der Waals surface area (Å²) in [6.07, 6.45) is 5.88. The molecule has 7 heteroatoms. The number of amides is 2. The second kappa shape index (κ2) is 11.0. The Morgan fingerprint density at radius 1 is 1.13 bits per heavy atom. The van der Waals surface area contributed by atoms with Crippen LogP contribution in [0.25, 0.3) is 0 Å². The maximum absolute atomic E-state index is 12.8. The molecular weight excluding hydrogens is 378 g/mol. The molecule has 1 aromatic carbocycles. The van der Waals surface area contributed by atoms with Gasteiger partial charge in [0.2, 0.25) is 5.91 Å². The molecule has 2 amide bonds. The number of nitrogens with zero attached hydrogens (tertiary/aromatic N) is 3. The lowest BCUT2D eigenvalue weighted by Crippen LogP contribution is -2.47. The van der Waals surface area contributed by atoms with Crippen molar-refractivity contribution in [1.29, 1.82) is 0 Å². The van der Waals surface area contributed by atoms with Gasteiger partial charge in [0.15, 0.2) is 5.96 Å². The van der Waals surface area contributed by atoms with Crippen LogP contribution in [0.1, 0.15) is 61.4 Å². The van der Waals surface area contributed by atoms with Gasteiger partial charge >= 0.3 is 0 Å². The van der Waals surface area contributed by atoms with E-state index in [0.29, 0.717) is 13.0 Å². The van der Waals surface area contributed by atoms with Crippen molar-refractivity contribution < 1.29 is 9.59 Å². The van der Waals surface area contributed by atoms with Crippen LogP contribution in [0, 0.1) is 5.92 Å². The summed E-state index contributed by atoms with van der Waals surface area (Å²) in [6.45, 7) is 6.78. The third-order valence-electron chi connectivity index (χ3n) is 5.87. The average molecular weight is 414 g/mol. The molecule has 0 radical (unpaired) electrons. The monoisotopic (exact) mass is 413 g/mol. The number of primary amides is 1. The number of hydrogen-bond donors (Lipinski definition) is 2. The van der Waals surface area contributed by atoms with Crippen molar-refractivity contribution in [2.45, 2.75) is 52.0 Å². The summed E-state index contributed by atoms with van der Waals surface area (Å²) in [7, 11) is 0. The lowest BCUT2D eigenvalue weighted by atomic mass is 9.95. The van der Waals surface area contributed by atoms with E-state index in [4.69, 9.17) is 10.7 Å². The fourth-order valence-electron chi connectivity index (χ4n) is 4.38. The molecule has 0 spiro atoms. The molecule has 3 N–H and O–H groups in total. The number of benzene rings is 1. The first kappa shape index (κ1) is 22.1. The molecule has 2 aliphatic heterocycles. The Balaban J connectivity index is 1.67. The van der Waals surface area contributed by atoms with Gasteiger partial charge in [0.1, 0.15) is 0 Å². The van der Waals surface area contributed by atoms with E-state index in [1.807, 2.05) is 29.2 Å². The van der Waals surface area contributed by atoms with E-state index in [0.717, 1.165) is 75.5 Å². The number of nitrogens with two attached hydrogens (primary N) is 1. The van der Waals surface area contributed by atoms with Crippen LogP contribution in [0.4, 0.5) is 0 Å². The lowest BCUT2D eigenvalue weighted by molar-refractivity contribution is -0.119. The molecule has 7 nitrogen and oxygen atoms in total. The first-order valence-corrected chi connectivity index (χ1v) is 11.3. The van der Waals surface area contributed by atoms with Gasteiger partial charge in [-0.3, -0.25) is 9.59 Å². The summed E-state index contributed by atoms with van der Waals surface area (Å²) in [5.41, 5.74) is 7.17. The van der Waals surface area contributed by atoms with Gasteiger partial charge in [-0.05, 0) is 62.6 Å². The van der Waals surface area contributed by atoms with Crippen LogP contribution in [0.3, 0.4) is 0 Å². The third-order valence-corrected chi connectivity index (χ3v) is 5.87. The fraction of sp³-hybridized carbons (Fsp3) is 0.609. The van der Waals surface area contributed by atoms with Gasteiger partial charge in [0.25, 0.3) is 5.91 Å². The quantitative estimate of drug-likeness (QED) is 0.553. The van der Waals surface area contributed by atoms with Crippen LogP contribution in [-0.4, -0.2) is 60.3 Å². The number of piperidine rings is 2. The summed E-state index contributed by atoms with van der Waals surface area (Å²) >= 11 is 0. The van der Waals surface area contributed by atoms with Crippen LogP contribution >= 0.6 is 0 Å². The maximum Gasteiger partial charge on any atom is 0.253 e. The van der Waals surface area contributed by atoms with Gasteiger partial charge in [-0.25, -0.2) is 4.99 Å². The standard InChI is InChI=1S/C23H35N5O2/c1-2-25-23(28-13-7-9-19(17-28)15-21(24)29)26-16-18-8-6-10-20(14-18)22(30)27-11-4-3-5-12-27/h6,8,10,14,19H,2-5,7,9,11-13,15-17H2,1H3,(H2,24,29)(H,25,26). The molecule has 1 aromatic rings. The summed E-state index contributed by atoms with van der Waals surface area (Å²) in [5, 5.41) is 3.37. The number of hydrogen-bond acceptors (Lipinski definition) is 3. The minimum atomic E-state index is -0.237. The number of aliphatic imine (C=N–C) groups is 1. The van der Waals surface area contributed by atoms with E-state index in [-0.39, 0.29) is 17.7 Å². The Bertz CT molecular complexity index is 758. The molecule has 1 unspecified atom stereocenters. The van der Waals surface area contributed by atoms with Gasteiger partial charge in [-0.15, -0.1) is 0 Å². The Hall–Kier alpha value is -2.57. The van der Waals surface area contributed by atoms with Crippen molar-refractivity contribution in [2.75, 3.05) is 32.7 Å². The highest BCUT2D eigenvalue weighted by Gasteiger charge is 2.23. The number of rotatable bonds is 6. The molecule has 2 fully saturated rings. The van der Waals surface area contributed by atoms with E-state index >= 15 is 0 Å². The van der Waals surface area contributed by atoms with Crippen LogP contribution in [0.2, 0.25) is 0 Å². The highest BCUT2D eigenvalue weighted by atomic mass is 16.2. The summed E-state index contributed by atoms with van der Waals surface area (Å²) in [6, 6.07) is 7.83. The molecule has 2 saturated heterocycles. The SMILES string of the molecule is CCNC(=NCc1cccc(C(=O)N2CCCCC2)c1)N1CCCC(CC(N)=O)C1. The van der Waals surface area contributed by atoms with Crippen LogP contribution < -0.4 is 11.1 Å². The molecule has 0 bridgehead atoms. The van der Waals surface area contributed by atoms with E-state index in [1.54, 1.807) is 0 Å². The third kappa shape index (κ3) is 6.21. The van der Waals surface area contributed by atoms with Gasteiger partial charge in [0.05, 0.1) is 6.54 Å². The smallest absolute Gasteiger partial charge is 0.253 e. The molecule has 1 atom stereocenters. The average Bonchev–Trinajstić information content (AvgIpc) is 2.76. The predicted molar refractivity (Wildman–Crippen MR) is 119 cm³/mol. The van der Waals surface area contributed by atoms with E-state index in [2.05, 4.69) is 17.1 Å². The highest BCUT2D eigenvalue weighted by Crippen LogP contribution is 2.20. The minimum Gasteiger partial charge on any atom is -0.370 e. The maximum atomic E-state index is 12.8. The number of carbonyl (C=O) groups is 2. The Labute approximate surface area is 179 Å². The zero-order chi connectivity index (χ0) is 21.3. The van der Waals surface area contributed by atoms with Crippen LogP contribution in [0.15, 0.2) is 29.3 Å². The van der Waals surface area contributed by atoms with Gasteiger partial charge in [0, 0.05) is 44.7 Å². The fourth-order valence-corrected chi connectivity index (χ4v) is 4.38. The highest BCUT2D eigenvalue weighted by molar-refractivity contribution is 5.94. The Kier molecular flexibility index (Phi) is 8.11. The number of carbonyl (C=O) groups excluding carboxylic acids is 2. The largest absolute Gasteiger partial charge is 0.370 e. The Morgan fingerprint density at radius 3 is 2.63 bits per heavy atom. The summed E-state index contributed by atoms with van der Waals surface area (Å²) < 4.78 is 0. The van der Waals surface area contributed by atoms with Crippen molar-refractivity contribution in [1.82, 2.24) is 15.1 Å². The molecule has 164 valence electrons. The second-order valence-electron chi connectivity index (χ2n) is 8.35. The molecule has 0 saturated carbocycles. The van der Waals surface area contributed by atoms with E-state index in [9.17, 15) is 9.59 Å². The van der Waals surface area contributed by atoms with Gasteiger partial charge in [-0.2, -0.15) is 0 Å². The zero-order valence-electron chi connectivity index (χ0n) is 18.1. The molecule has 0 aliphatic carbocycles. The number of nitrogens with one attached hydrogen (secondary N) is 1. The van der Waals surface area contributed by atoms with Crippen molar-refractivity contribution in [3.8, 4) is 0 Å². The van der Waals surface area contributed by atoms with Crippen LogP contribution in [0.5, 0.6) is 0 Å². The van der Waals surface area contributed by atoms with Crippen molar-refractivity contribution in [3.63, 3.8) is 0 Å². The molecule has 0 aromatic heterocycles. The molecular formula is C23H35N5O2. The van der Waals surface area contributed by atoms with Crippen molar-refractivity contribution in [2.24, 2.45) is 16.6 Å². The summed E-state index contributed by atoms with van der Waals surface area (Å²) in [5.74, 6) is 1.03. The molecule has 2 heterocycles. The van der Waals surface area contributed by atoms with E-state index in [1.165, 1.54) is 6.42 Å². The van der Waals surface area contributed by atoms with Gasteiger partial charge in [-0.1, -0.05) is 12.1 Å². The Morgan fingerprint density at radius 2 is 1.90 bits per heavy atom. The van der Waals surface area contributed by atoms with Gasteiger partial charge < -0.3 is 20.9 Å². The first-order chi connectivity index (χ1) is 14.6. The van der Waals surface area contributed by atoms with Crippen LogP contribution in [-0.2, 0) is 11.3 Å². The topological polar surface area (TPSA) is 91.0 Å². The van der Waals surface area contributed by atoms with Crippen molar-refractivity contribution >= 4 is 17.8 Å². The zero-order valence-corrected chi connectivity index (χ0v) is 18.1.